The van der Waals surface area contributed by atoms with Gasteiger partial charge in [-0.3, -0.25) is 4.98 Å². The van der Waals surface area contributed by atoms with Crippen molar-refractivity contribution in [3.63, 3.8) is 0 Å². The molecule has 2 N–H and O–H groups in total. The van der Waals surface area contributed by atoms with Crippen LogP contribution in [0, 0.1) is 11.9 Å². The Hall–Kier alpha value is -1.23. The third-order valence-corrected chi connectivity index (χ3v) is 3.06. The van der Waals surface area contributed by atoms with Crippen LogP contribution in [-0.2, 0) is 0 Å². The number of fused-ring (bicyclic) bond motifs is 1. The Morgan fingerprint density at radius 1 is 1.50 bits per heavy atom. The van der Waals surface area contributed by atoms with Crippen LogP contribution >= 0.6 is 0 Å². The minimum atomic E-state index is -0.533. The third-order valence-electron chi connectivity index (χ3n) is 3.06. The summed E-state index contributed by atoms with van der Waals surface area (Å²) in [6, 6.07) is 0.941. The quantitative estimate of drug-likeness (QED) is 0.715. The molecule has 0 radical (unpaired) electrons. The van der Waals surface area contributed by atoms with Gasteiger partial charge in [0.25, 0.3) is 0 Å². The zero-order valence-corrected chi connectivity index (χ0v) is 7.57. The summed E-state index contributed by atoms with van der Waals surface area (Å²) in [7, 11) is 0. The fourth-order valence-electron chi connectivity index (χ4n) is 2.28. The average Bonchev–Trinajstić information content (AvgIpc) is 2.75. The van der Waals surface area contributed by atoms with Gasteiger partial charge < -0.3 is 10.6 Å². The molecule has 14 heavy (non-hydrogen) atoms. The second-order valence-corrected chi connectivity index (χ2v) is 3.91. The van der Waals surface area contributed by atoms with E-state index in [4.69, 9.17) is 0 Å². The summed E-state index contributed by atoms with van der Waals surface area (Å²) >= 11 is 0. The Kier molecular flexibility index (Phi) is 1.67. The maximum Gasteiger partial charge on any atom is 0.233 e. The molecule has 3 unspecified atom stereocenters. The van der Waals surface area contributed by atoms with Crippen molar-refractivity contribution in [1.82, 2.24) is 15.3 Å². The molecule has 3 atom stereocenters. The first-order valence-corrected chi connectivity index (χ1v) is 4.80. The van der Waals surface area contributed by atoms with Gasteiger partial charge in [-0.15, -0.1) is 0 Å². The predicted molar refractivity (Wildman–Crippen MR) is 49.3 cm³/mol. The second kappa shape index (κ2) is 2.88. The summed E-state index contributed by atoms with van der Waals surface area (Å²) in [6.45, 7) is 1.06. The topological polar surface area (TPSA) is 49.8 Å². The molecule has 3 aliphatic rings. The highest BCUT2D eigenvalue weighted by Crippen LogP contribution is 2.35. The van der Waals surface area contributed by atoms with Gasteiger partial charge in [-0.05, 0) is 12.3 Å². The maximum absolute atomic E-state index is 12.7. The van der Waals surface area contributed by atoms with E-state index >= 15 is 0 Å². The van der Waals surface area contributed by atoms with E-state index in [0.29, 0.717) is 23.8 Å². The first-order chi connectivity index (χ1) is 6.83. The van der Waals surface area contributed by atoms with Gasteiger partial charge >= 0.3 is 0 Å². The normalized spacial score (nSPS) is 33.9. The van der Waals surface area contributed by atoms with Crippen molar-refractivity contribution >= 4 is 5.82 Å². The second-order valence-electron chi connectivity index (χ2n) is 3.91. The van der Waals surface area contributed by atoms with Gasteiger partial charge in [0, 0.05) is 18.6 Å². The van der Waals surface area contributed by atoms with Gasteiger partial charge in [-0.25, -0.2) is 0 Å². The van der Waals surface area contributed by atoms with E-state index in [9.17, 15) is 4.39 Å². The molecule has 0 spiro atoms. The van der Waals surface area contributed by atoms with Crippen LogP contribution in [0.5, 0.6) is 0 Å². The van der Waals surface area contributed by atoms with Gasteiger partial charge in [0.15, 0.2) is 0 Å². The van der Waals surface area contributed by atoms with Crippen molar-refractivity contribution in [2.45, 2.75) is 18.5 Å². The Bertz CT molecular complexity index is 342. The van der Waals surface area contributed by atoms with E-state index in [2.05, 4.69) is 20.6 Å². The van der Waals surface area contributed by atoms with E-state index in [1.54, 1.807) is 6.20 Å². The maximum atomic E-state index is 12.7. The molecule has 0 amide bonds. The minimum Gasteiger partial charge on any atom is -0.364 e. The number of rotatable bonds is 2. The molecule has 3 heterocycles. The highest BCUT2D eigenvalue weighted by molar-refractivity contribution is 5.35. The highest BCUT2D eigenvalue weighted by atomic mass is 19.1. The zero-order valence-electron chi connectivity index (χ0n) is 7.57. The predicted octanol–water partition coefficient (Wildman–Crippen LogP) is 0.388. The largest absolute Gasteiger partial charge is 0.364 e. The summed E-state index contributed by atoms with van der Waals surface area (Å²) in [5.41, 5.74) is 0. The van der Waals surface area contributed by atoms with Crippen molar-refractivity contribution in [2.75, 3.05) is 11.9 Å². The van der Waals surface area contributed by atoms with Crippen LogP contribution in [0.25, 0.3) is 0 Å². The summed E-state index contributed by atoms with van der Waals surface area (Å²) in [6.07, 6.45) is 3.89. The Morgan fingerprint density at radius 3 is 3.07 bits per heavy atom. The van der Waals surface area contributed by atoms with Crippen LogP contribution in [0.2, 0.25) is 0 Å². The van der Waals surface area contributed by atoms with Crippen LogP contribution in [0.15, 0.2) is 12.4 Å². The van der Waals surface area contributed by atoms with E-state index in [1.807, 2.05) is 0 Å². The van der Waals surface area contributed by atoms with Crippen LogP contribution < -0.4 is 10.6 Å². The van der Waals surface area contributed by atoms with E-state index in [0.717, 1.165) is 12.7 Å². The van der Waals surface area contributed by atoms with E-state index in [1.165, 1.54) is 6.42 Å². The van der Waals surface area contributed by atoms with E-state index < -0.39 is 5.95 Å². The van der Waals surface area contributed by atoms with Crippen LogP contribution in [-0.4, -0.2) is 28.6 Å². The fraction of sp³-hybridized carbons (Fsp3) is 0.556. The molecular weight excluding hydrogens is 183 g/mol. The minimum absolute atomic E-state index is 0.408. The lowest BCUT2D eigenvalue weighted by atomic mass is 9.80. The molecule has 2 aliphatic heterocycles. The Morgan fingerprint density at radius 2 is 2.43 bits per heavy atom. The van der Waals surface area contributed by atoms with Gasteiger partial charge in [0.2, 0.25) is 5.95 Å². The van der Waals surface area contributed by atoms with Gasteiger partial charge in [0.1, 0.15) is 5.82 Å². The molecule has 1 saturated carbocycles. The monoisotopic (exact) mass is 194 g/mol. The molecule has 74 valence electrons. The van der Waals surface area contributed by atoms with Crippen LogP contribution in [0.4, 0.5) is 10.2 Å². The number of nitrogens with zero attached hydrogens (tertiary/aromatic N) is 2. The fourth-order valence-corrected chi connectivity index (χ4v) is 2.28. The SMILES string of the molecule is Fc1cncc(NC2C3CNC2C3)n1. The summed E-state index contributed by atoms with van der Waals surface area (Å²) in [5, 5.41) is 6.58. The molecule has 1 aliphatic carbocycles. The molecule has 1 aromatic heterocycles. The summed E-state index contributed by atoms with van der Waals surface area (Å²) < 4.78 is 12.7. The van der Waals surface area contributed by atoms with Gasteiger partial charge in [-0.2, -0.15) is 9.37 Å². The number of nitrogens with one attached hydrogen (secondary N) is 2. The van der Waals surface area contributed by atoms with Crippen molar-refractivity contribution in [3.8, 4) is 0 Å². The molecule has 4 rings (SSSR count). The highest BCUT2D eigenvalue weighted by Gasteiger charge is 2.46. The molecule has 0 aromatic carbocycles. The lowest BCUT2D eigenvalue weighted by molar-refractivity contribution is 0.326. The molecule has 2 saturated heterocycles. The summed E-state index contributed by atoms with van der Waals surface area (Å²) in [5.74, 6) is 0.674. The molecule has 1 aromatic rings. The zero-order chi connectivity index (χ0) is 9.54. The van der Waals surface area contributed by atoms with Crippen molar-refractivity contribution in [2.24, 2.45) is 5.92 Å². The molecule has 2 bridgehead atoms. The lowest BCUT2D eigenvalue weighted by Gasteiger charge is -2.35. The van der Waals surface area contributed by atoms with Gasteiger partial charge in [-0.1, -0.05) is 0 Å². The molecular formula is C9H11FN4. The Balaban J connectivity index is 1.73. The Labute approximate surface area is 80.9 Å². The number of hydrogen-bond acceptors (Lipinski definition) is 4. The van der Waals surface area contributed by atoms with Gasteiger partial charge in [0.05, 0.1) is 12.4 Å². The number of anilines is 1. The molecule has 4 nitrogen and oxygen atoms in total. The summed E-state index contributed by atoms with van der Waals surface area (Å²) in [4.78, 5) is 7.47. The van der Waals surface area contributed by atoms with E-state index in [-0.39, 0.29) is 0 Å². The number of aromatic nitrogens is 2. The number of halogens is 1. The first kappa shape index (κ1) is 8.11. The average molecular weight is 194 g/mol. The van der Waals surface area contributed by atoms with Crippen molar-refractivity contribution < 1.29 is 4.39 Å². The number of hydrogen-bond donors (Lipinski definition) is 2. The first-order valence-electron chi connectivity index (χ1n) is 4.80. The standard InChI is InChI=1S/C9H11FN4/c10-7-3-11-4-8(13-7)14-9-5-1-6(9)12-2-5/h3-6,9,12H,1-2H2,(H,13,14). The molecule has 5 heteroatoms. The van der Waals surface area contributed by atoms with Crippen LogP contribution in [0.3, 0.4) is 0 Å². The van der Waals surface area contributed by atoms with Crippen molar-refractivity contribution in [3.05, 3.63) is 18.3 Å². The molecule has 3 fully saturated rings. The third kappa shape index (κ3) is 1.16. The smallest absolute Gasteiger partial charge is 0.233 e. The van der Waals surface area contributed by atoms with Crippen LogP contribution in [0.1, 0.15) is 6.42 Å². The van der Waals surface area contributed by atoms with Crippen molar-refractivity contribution in [1.29, 1.82) is 0 Å². The lowest BCUT2D eigenvalue weighted by Crippen LogP contribution is -2.47.